The molecule has 0 fully saturated rings. The summed E-state index contributed by atoms with van der Waals surface area (Å²) in [5.74, 6) is 0.690. The lowest BCUT2D eigenvalue weighted by Crippen LogP contribution is -2.30. The van der Waals surface area contributed by atoms with E-state index in [-0.39, 0.29) is 0 Å². The number of nitrogen functional groups attached to an aromatic ring is 1. The molecule has 1 heterocycles. The second-order valence-electron chi connectivity index (χ2n) is 5.66. The van der Waals surface area contributed by atoms with Crippen molar-refractivity contribution < 1.29 is 0 Å². The van der Waals surface area contributed by atoms with Crippen LogP contribution in [0.25, 0.3) is 10.9 Å². The number of nitrogens with zero attached hydrogens (tertiary/aromatic N) is 2. The highest BCUT2D eigenvalue weighted by atomic mass is 15.1. The normalized spacial score (nSPS) is 12.9. The molecule has 1 aromatic heterocycles. The smallest absolute Gasteiger partial charge is 0.0951 e. The lowest BCUT2D eigenvalue weighted by molar-refractivity contribution is 0.504. The first-order valence-electron chi connectivity index (χ1n) is 6.86. The number of rotatable bonds is 4. The molecule has 2 aromatic rings. The van der Waals surface area contributed by atoms with Gasteiger partial charge in [0.2, 0.25) is 0 Å². The summed E-state index contributed by atoms with van der Waals surface area (Å²) in [4.78, 5) is 6.72. The van der Waals surface area contributed by atoms with Gasteiger partial charge in [-0.05, 0) is 31.4 Å². The van der Waals surface area contributed by atoms with E-state index in [1.54, 1.807) is 0 Å². The number of aromatic nitrogens is 1. The first-order chi connectivity index (χ1) is 9.00. The molecule has 3 heteroatoms. The molecule has 0 spiro atoms. The molecule has 0 amide bonds. The van der Waals surface area contributed by atoms with Crippen LogP contribution in [-0.4, -0.2) is 18.1 Å². The van der Waals surface area contributed by atoms with Crippen molar-refractivity contribution in [2.45, 2.75) is 33.2 Å². The summed E-state index contributed by atoms with van der Waals surface area (Å²) in [5, 5.41) is 1.13. The fraction of sp³-hybridized carbons (Fsp3) is 0.438. The fourth-order valence-electron chi connectivity index (χ4n) is 2.57. The molecule has 2 N–H and O–H groups in total. The van der Waals surface area contributed by atoms with E-state index in [0.717, 1.165) is 16.6 Å². The highest BCUT2D eigenvalue weighted by Gasteiger charge is 2.14. The Hall–Kier alpha value is -1.77. The van der Waals surface area contributed by atoms with Gasteiger partial charge in [-0.2, -0.15) is 0 Å². The first kappa shape index (κ1) is 13.7. The number of fused-ring (bicyclic) bond motifs is 1. The van der Waals surface area contributed by atoms with E-state index in [1.165, 1.54) is 12.1 Å². The Bertz CT molecular complexity index is 563. The minimum atomic E-state index is 0.493. The van der Waals surface area contributed by atoms with E-state index in [9.17, 15) is 0 Å². The Morgan fingerprint density at radius 2 is 1.95 bits per heavy atom. The predicted molar refractivity (Wildman–Crippen MR) is 83.5 cm³/mol. The third-order valence-electron chi connectivity index (χ3n) is 3.63. The van der Waals surface area contributed by atoms with Crippen LogP contribution in [0.4, 0.5) is 11.4 Å². The van der Waals surface area contributed by atoms with Gasteiger partial charge in [-0.25, -0.2) is 0 Å². The van der Waals surface area contributed by atoms with Crippen LogP contribution in [0.15, 0.2) is 30.5 Å². The molecule has 0 radical (unpaired) electrons. The zero-order valence-electron chi connectivity index (χ0n) is 12.2. The molecule has 0 saturated carbocycles. The van der Waals surface area contributed by atoms with Crippen LogP contribution in [0.5, 0.6) is 0 Å². The lowest BCUT2D eigenvalue weighted by Gasteiger charge is -2.29. The number of para-hydroxylation sites is 1. The van der Waals surface area contributed by atoms with Crippen molar-refractivity contribution in [2.24, 2.45) is 5.92 Å². The molecule has 0 bridgehead atoms. The number of anilines is 2. The van der Waals surface area contributed by atoms with Gasteiger partial charge in [0.05, 0.1) is 11.2 Å². The average Bonchev–Trinajstić information content (AvgIpc) is 2.37. The molecule has 0 saturated heterocycles. The first-order valence-corrected chi connectivity index (χ1v) is 6.86. The topological polar surface area (TPSA) is 42.2 Å². The molecule has 102 valence electrons. The van der Waals surface area contributed by atoms with Crippen LogP contribution in [-0.2, 0) is 0 Å². The van der Waals surface area contributed by atoms with E-state index in [0.29, 0.717) is 12.0 Å². The number of nitrogens with two attached hydrogens (primary N) is 1. The summed E-state index contributed by atoms with van der Waals surface area (Å²) >= 11 is 0. The largest absolute Gasteiger partial charge is 0.397 e. The molecule has 0 aliphatic heterocycles. The van der Waals surface area contributed by atoms with Gasteiger partial charge in [0.25, 0.3) is 0 Å². The second kappa shape index (κ2) is 5.47. The summed E-state index contributed by atoms with van der Waals surface area (Å²) in [6, 6.07) is 8.54. The van der Waals surface area contributed by atoms with Crippen molar-refractivity contribution in [3.05, 3.63) is 30.5 Å². The van der Waals surface area contributed by atoms with Gasteiger partial charge in [0.1, 0.15) is 0 Å². The Balaban J connectivity index is 2.42. The molecule has 3 nitrogen and oxygen atoms in total. The molecule has 1 aromatic carbocycles. The maximum atomic E-state index is 6.00. The van der Waals surface area contributed by atoms with Crippen molar-refractivity contribution in [1.82, 2.24) is 4.98 Å². The molecule has 1 unspecified atom stereocenters. The summed E-state index contributed by atoms with van der Waals surface area (Å²) in [6.07, 6.45) is 3.01. The predicted octanol–water partition coefficient (Wildman–Crippen LogP) is 3.69. The maximum absolute atomic E-state index is 6.00. The number of pyridine rings is 1. The third-order valence-corrected chi connectivity index (χ3v) is 3.63. The maximum Gasteiger partial charge on any atom is 0.0951 e. The van der Waals surface area contributed by atoms with Crippen molar-refractivity contribution in [3.63, 3.8) is 0 Å². The summed E-state index contributed by atoms with van der Waals surface area (Å²) in [7, 11) is 2.14. The monoisotopic (exact) mass is 257 g/mol. The van der Waals surface area contributed by atoms with Crippen molar-refractivity contribution in [2.75, 3.05) is 17.7 Å². The summed E-state index contributed by atoms with van der Waals surface area (Å²) in [6.45, 7) is 6.78. The minimum Gasteiger partial charge on any atom is -0.397 e. The fourth-order valence-corrected chi connectivity index (χ4v) is 2.57. The van der Waals surface area contributed by atoms with Crippen molar-refractivity contribution >= 4 is 22.3 Å². The van der Waals surface area contributed by atoms with Gasteiger partial charge >= 0.3 is 0 Å². The molecular formula is C16H23N3. The Morgan fingerprint density at radius 1 is 1.21 bits per heavy atom. The van der Waals surface area contributed by atoms with E-state index in [2.05, 4.69) is 49.8 Å². The minimum absolute atomic E-state index is 0.493. The Labute approximate surface area is 115 Å². The van der Waals surface area contributed by atoms with E-state index in [4.69, 9.17) is 5.73 Å². The van der Waals surface area contributed by atoms with Gasteiger partial charge < -0.3 is 10.6 Å². The highest BCUT2D eigenvalue weighted by Crippen LogP contribution is 2.29. The molecule has 0 aliphatic rings. The van der Waals surface area contributed by atoms with Gasteiger partial charge in [-0.1, -0.05) is 26.0 Å². The van der Waals surface area contributed by atoms with E-state index >= 15 is 0 Å². The lowest BCUT2D eigenvalue weighted by atomic mass is 10.0. The second-order valence-corrected chi connectivity index (χ2v) is 5.66. The van der Waals surface area contributed by atoms with Crippen LogP contribution < -0.4 is 10.6 Å². The molecule has 2 rings (SSSR count). The van der Waals surface area contributed by atoms with Gasteiger partial charge in [0.15, 0.2) is 0 Å². The highest BCUT2D eigenvalue weighted by molar-refractivity contribution is 5.97. The average molecular weight is 257 g/mol. The van der Waals surface area contributed by atoms with Crippen LogP contribution in [0.3, 0.4) is 0 Å². The quantitative estimate of drug-likeness (QED) is 0.849. The number of benzene rings is 1. The van der Waals surface area contributed by atoms with Crippen molar-refractivity contribution in [1.29, 1.82) is 0 Å². The van der Waals surface area contributed by atoms with E-state index in [1.807, 2.05) is 18.3 Å². The third kappa shape index (κ3) is 2.80. The zero-order chi connectivity index (χ0) is 14.0. The summed E-state index contributed by atoms with van der Waals surface area (Å²) in [5.41, 5.74) is 8.83. The molecule has 0 aliphatic carbocycles. The van der Waals surface area contributed by atoms with E-state index < -0.39 is 0 Å². The Kier molecular flexibility index (Phi) is 3.93. The summed E-state index contributed by atoms with van der Waals surface area (Å²) < 4.78 is 0. The number of hydrogen-bond donors (Lipinski definition) is 1. The SMILES string of the molecule is CC(C)CC(C)N(C)c1ccnc2c(N)cccc12. The Morgan fingerprint density at radius 3 is 2.63 bits per heavy atom. The molecule has 19 heavy (non-hydrogen) atoms. The molecular weight excluding hydrogens is 234 g/mol. The van der Waals surface area contributed by atoms with Crippen LogP contribution in [0.2, 0.25) is 0 Å². The van der Waals surface area contributed by atoms with Gasteiger partial charge in [-0.3, -0.25) is 4.98 Å². The number of hydrogen-bond acceptors (Lipinski definition) is 3. The van der Waals surface area contributed by atoms with Gasteiger partial charge in [0, 0.05) is 30.4 Å². The van der Waals surface area contributed by atoms with Crippen LogP contribution in [0.1, 0.15) is 27.2 Å². The van der Waals surface area contributed by atoms with Crippen LogP contribution >= 0.6 is 0 Å². The molecule has 1 atom stereocenters. The standard InChI is InChI=1S/C16H23N3/c1-11(2)10-12(3)19(4)15-8-9-18-16-13(15)6-5-7-14(16)17/h5-9,11-12H,10,17H2,1-4H3. The zero-order valence-corrected chi connectivity index (χ0v) is 12.2. The van der Waals surface area contributed by atoms with Gasteiger partial charge in [-0.15, -0.1) is 0 Å². The van der Waals surface area contributed by atoms with Crippen molar-refractivity contribution in [3.8, 4) is 0 Å². The van der Waals surface area contributed by atoms with Crippen LogP contribution in [0, 0.1) is 5.92 Å².